The van der Waals surface area contributed by atoms with E-state index in [0.717, 1.165) is 26.2 Å². The van der Waals surface area contributed by atoms with Crippen LogP contribution >= 0.6 is 0 Å². The van der Waals surface area contributed by atoms with Crippen molar-refractivity contribution in [1.82, 2.24) is 5.32 Å². The van der Waals surface area contributed by atoms with Crippen molar-refractivity contribution in [2.24, 2.45) is 5.92 Å². The Labute approximate surface area is 101 Å². The van der Waals surface area contributed by atoms with Crippen molar-refractivity contribution in [2.75, 3.05) is 34.0 Å². The molecular weight excluding hydrogens is 202 g/mol. The van der Waals surface area contributed by atoms with Gasteiger partial charge in [0, 0.05) is 33.5 Å². The Kier molecular flexibility index (Phi) is 11.3. The number of hydrogen-bond acceptors (Lipinski definition) is 3. The maximum atomic E-state index is 5.13. The minimum atomic E-state index is 0.586. The first-order valence-corrected chi connectivity index (χ1v) is 6.43. The topological polar surface area (TPSA) is 30.5 Å². The van der Waals surface area contributed by atoms with Crippen molar-refractivity contribution in [3.63, 3.8) is 0 Å². The zero-order valence-electron chi connectivity index (χ0n) is 11.4. The first-order valence-electron chi connectivity index (χ1n) is 6.43. The second kappa shape index (κ2) is 11.4. The molecule has 3 heteroatoms. The fourth-order valence-electron chi connectivity index (χ4n) is 1.75. The van der Waals surface area contributed by atoms with E-state index in [1.54, 1.807) is 14.2 Å². The van der Waals surface area contributed by atoms with E-state index < -0.39 is 0 Å². The third-order valence-corrected chi connectivity index (χ3v) is 2.87. The van der Waals surface area contributed by atoms with Crippen LogP contribution in [0.25, 0.3) is 0 Å². The van der Waals surface area contributed by atoms with Gasteiger partial charge in [0.25, 0.3) is 0 Å². The second-order valence-corrected chi connectivity index (χ2v) is 4.64. The number of unbranched alkanes of at least 4 members (excludes halogenated alkanes) is 2. The highest BCUT2D eigenvalue weighted by atomic mass is 16.5. The van der Waals surface area contributed by atoms with Gasteiger partial charge < -0.3 is 14.8 Å². The summed E-state index contributed by atoms with van der Waals surface area (Å²) in [6.45, 7) is 7.36. The van der Waals surface area contributed by atoms with Gasteiger partial charge in [-0.25, -0.2) is 0 Å². The Bertz CT molecular complexity index is 140. The van der Waals surface area contributed by atoms with Crippen LogP contribution in [-0.2, 0) is 9.47 Å². The van der Waals surface area contributed by atoms with Gasteiger partial charge in [0.05, 0.1) is 0 Å². The monoisotopic (exact) mass is 231 g/mol. The summed E-state index contributed by atoms with van der Waals surface area (Å²) in [6.07, 6.45) is 4.75. The number of nitrogens with one attached hydrogen (secondary N) is 1. The minimum absolute atomic E-state index is 0.586. The SMILES string of the molecule is COCCCCCNC(CCOC)C(C)C. The van der Waals surface area contributed by atoms with Crippen molar-refractivity contribution >= 4 is 0 Å². The summed E-state index contributed by atoms with van der Waals surface area (Å²) in [6, 6.07) is 0.586. The van der Waals surface area contributed by atoms with Gasteiger partial charge in [0.2, 0.25) is 0 Å². The van der Waals surface area contributed by atoms with Crippen molar-refractivity contribution < 1.29 is 9.47 Å². The highest BCUT2D eigenvalue weighted by Gasteiger charge is 2.11. The third-order valence-electron chi connectivity index (χ3n) is 2.87. The van der Waals surface area contributed by atoms with Gasteiger partial charge in [-0.1, -0.05) is 13.8 Å². The average molecular weight is 231 g/mol. The largest absolute Gasteiger partial charge is 0.385 e. The highest BCUT2D eigenvalue weighted by Crippen LogP contribution is 2.06. The molecule has 0 fully saturated rings. The summed E-state index contributed by atoms with van der Waals surface area (Å²) in [7, 11) is 3.53. The molecule has 0 amide bonds. The molecule has 0 aliphatic carbocycles. The number of methoxy groups -OCH3 is 2. The van der Waals surface area contributed by atoms with Crippen molar-refractivity contribution in [3.8, 4) is 0 Å². The zero-order valence-corrected chi connectivity index (χ0v) is 11.4. The molecular formula is C13H29NO2. The van der Waals surface area contributed by atoms with Crippen LogP contribution in [0, 0.1) is 5.92 Å². The average Bonchev–Trinajstić information content (AvgIpc) is 2.26. The summed E-state index contributed by atoms with van der Waals surface area (Å²) in [5, 5.41) is 3.61. The van der Waals surface area contributed by atoms with Crippen molar-refractivity contribution in [3.05, 3.63) is 0 Å². The smallest absolute Gasteiger partial charge is 0.0477 e. The summed E-state index contributed by atoms with van der Waals surface area (Å²) >= 11 is 0. The maximum absolute atomic E-state index is 5.13. The standard InChI is InChI=1S/C13H29NO2/c1-12(2)13(8-11-16-4)14-9-6-5-7-10-15-3/h12-14H,5-11H2,1-4H3. The summed E-state index contributed by atoms with van der Waals surface area (Å²) < 4.78 is 10.1. The molecule has 1 atom stereocenters. The number of ether oxygens (including phenoxy) is 2. The van der Waals surface area contributed by atoms with E-state index in [1.165, 1.54) is 19.3 Å². The molecule has 0 aromatic carbocycles. The van der Waals surface area contributed by atoms with E-state index in [9.17, 15) is 0 Å². The van der Waals surface area contributed by atoms with Crippen LogP contribution in [0.2, 0.25) is 0 Å². The van der Waals surface area contributed by atoms with Gasteiger partial charge in [0.1, 0.15) is 0 Å². The number of rotatable bonds is 11. The molecule has 1 N–H and O–H groups in total. The van der Waals surface area contributed by atoms with E-state index in [0.29, 0.717) is 12.0 Å². The molecule has 0 rings (SSSR count). The van der Waals surface area contributed by atoms with E-state index in [4.69, 9.17) is 9.47 Å². The minimum Gasteiger partial charge on any atom is -0.385 e. The van der Waals surface area contributed by atoms with Crippen LogP contribution in [0.5, 0.6) is 0 Å². The zero-order chi connectivity index (χ0) is 12.2. The lowest BCUT2D eigenvalue weighted by molar-refractivity contribution is 0.173. The molecule has 16 heavy (non-hydrogen) atoms. The summed E-state index contributed by atoms with van der Waals surface area (Å²) in [4.78, 5) is 0. The molecule has 0 aliphatic rings. The van der Waals surface area contributed by atoms with Gasteiger partial charge >= 0.3 is 0 Å². The molecule has 1 unspecified atom stereocenters. The van der Waals surface area contributed by atoms with Crippen molar-refractivity contribution in [2.45, 2.75) is 45.6 Å². The first kappa shape index (κ1) is 15.9. The van der Waals surface area contributed by atoms with Crippen LogP contribution < -0.4 is 5.32 Å². The summed E-state index contributed by atoms with van der Waals surface area (Å²) in [5.74, 6) is 0.675. The van der Waals surface area contributed by atoms with Crippen LogP contribution in [0.15, 0.2) is 0 Å². The molecule has 0 heterocycles. The van der Waals surface area contributed by atoms with Crippen LogP contribution in [0.3, 0.4) is 0 Å². The normalized spacial score (nSPS) is 13.3. The molecule has 0 saturated carbocycles. The van der Waals surface area contributed by atoms with E-state index in [-0.39, 0.29) is 0 Å². The van der Waals surface area contributed by atoms with Gasteiger partial charge in [-0.15, -0.1) is 0 Å². The molecule has 0 radical (unpaired) electrons. The second-order valence-electron chi connectivity index (χ2n) is 4.64. The molecule has 3 nitrogen and oxygen atoms in total. The predicted molar refractivity (Wildman–Crippen MR) is 68.8 cm³/mol. The van der Waals surface area contributed by atoms with Crippen LogP contribution in [-0.4, -0.2) is 40.0 Å². The molecule has 0 bridgehead atoms. The highest BCUT2D eigenvalue weighted by molar-refractivity contribution is 4.70. The van der Waals surface area contributed by atoms with Crippen LogP contribution in [0.4, 0.5) is 0 Å². The Hall–Kier alpha value is -0.120. The lowest BCUT2D eigenvalue weighted by Gasteiger charge is -2.22. The quantitative estimate of drug-likeness (QED) is 0.554. The molecule has 0 aliphatic heterocycles. The van der Waals surface area contributed by atoms with Gasteiger partial charge in [-0.2, -0.15) is 0 Å². The van der Waals surface area contributed by atoms with E-state index in [2.05, 4.69) is 19.2 Å². The van der Waals surface area contributed by atoms with Gasteiger partial charge in [-0.3, -0.25) is 0 Å². The Morgan fingerprint density at radius 2 is 1.62 bits per heavy atom. The Balaban J connectivity index is 3.44. The lowest BCUT2D eigenvalue weighted by atomic mass is 10.0. The van der Waals surface area contributed by atoms with E-state index >= 15 is 0 Å². The fourth-order valence-corrected chi connectivity index (χ4v) is 1.75. The predicted octanol–water partition coefficient (Wildman–Crippen LogP) is 2.45. The van der Waals surface area contributed by atoms with E-state index in [1.807, 2.05) is 0 Å². The van der Waals surface area contributed by atoms with Crippen LogP contribution in [0.1, 0.15) is 39.5 Å². The molecule has 0 spiro atoms. The summed E-state index contributed by atoms with van der Waals surface area (Å²) in [5.41, 5.74) is 0. The number of hydrogen-bond donors (Lipinski definition) is 1. The lowest BCUT2D eigenvalue weighted by Crippen LogP contribution is -2.35. The fraction of sp³-hybridized carbons (Fsp3) is 1.00. The third kappa shape index (κ3) is 9.13. The van der Waals surface area contributed by atoms with Gasteiger partial charge in [-0.05, 0) is 38.1 Å². The van der Waals surface area contributed by atoms with Crippen molar-refractivity contribution in [1.29, 1.82) is 0 Å². The Morgan fingerprint density at radius 3 is 2.19 bits per heavy atom. The molecule has 98 valence electrons. The Morgan fingerprint density at radius 1 is 0.938 bits per heavy atom. The first-order chi connectivity index (χ1) is 7.72. The molecule has 0 aromatic rings. The molecule has 0 aromatic heterocycles. The molecule has 0 saturated heterocycles. The van der Waals surface area contributed by atoms with Gasteiger partial charge in [0.15, 0.2) is 0 Å². The maximum Gasteiger partial charge on any atom is 0.0477 e.